The Hall–Kier alpha value is -2.83. The summed E-state index contributed by atoms with van der Waals surface area (Å²) < 4.78 is 5.59. The lowest BCUT2D eigenvalue weighted by Gasteiger charge is -2.15. The number of benzene rings is 2. The SMILES string of the molecule is Cl.NCC(C(=O)Nc1ccc(Oc2cn[nH]c2)cc1)c1ccccc1. The molecule has 0 aliphatic rings. The summed E-state index contributed by atoms with van der Waals surface area (Å²) in [5.41, 5.74) is 7.36. The summed E-state index contributed by atoms with van der Waals surface area (Å²) in [7, 11) is 0. The van der Waals surface area contributed by atoms with Crippen LogP contribution in [0.25, 0.3) is 0 Å². The van der Waals surface area contributed by atoms with Crippen molar-refractivity contribution in [1.29, 1.82) is 0 Å². The van der Waals surface area contributed by atoms with E-state index in [-0.39, 0.29) is 30.8 Å². The predicted molar refractivity (Wildman–Crippen MR) is 99.2 cm³/mol. The van der Waals surface area contributed by atoms with Gasteiger partial charge in [0.1, 0.15) is 5.75 Å². The largest absolute Gasteiger partial charge is 0.454 e. The average molecular weight is 359 g/mol. The Labute approximate surface area is 151 Å². The van der Waals surface area contributed by atoms with Crippen LogP contribution in [0.2, 0.25) is 0 Å². The molecule has 4 N–H and O–H groups in total. The van der Waals surface area contributed by atoms with Gasteiger partial charge < -0.3 is 15.8 Å². The fraction of sp³-hybridized carbons (Fsp3) is 0.111. The highest BCUT2D eigenvalue weighted by Crippen LogP contribution is 2.23. The number of rotatable bonds is 6. The van der Waals surface area contributed by atoms with Crippen LogP contribution in [-0.4, -0.2) is 22.6 Å². The summed E-state index contributed by atoms with van der Waals surface area (Å²) in [5, 5.41) is 9.38. The minimum atomic E-state index is -0.381. The molecule has 3 rings (SSSR count). The van der Waals surface area contributed by atoms with Crippen LogP contribution in [0.5, 0.6) is 11.5 Å². The highest BCUT2D eigenvalue weighted by Gasteiger charge is 2.18. The van der Waals surface area contributed by atoms with Crippen molar-refractivity contribution in [3.63, 3.8) is 0 Å². The van der Waals surface area contributed by atoms with Gasteiger partial charge in [-0.05, 0) is 29.8 Å². The van der Waals surface area contributed by atoms with Crippen LogP contribution in [0.4, 0.5) is 5.69 Å². The van der Waals surface area contributed by atoms with Crippen LogP contribution >= 0.6 is 12.4 Å². The number of anilines is 1. The van der Waals surface area contributed by atoms with E-state index in [4.69, 9.17) is 10.5 Å². The molecule has 1 atom stereocenters. The number of nitrogens with two attached hydrogens (primary N) is 1. The van der Waals surface area contributed by atoms with Crippen molar-refractivity contribution in [3.8, 4) is 11.5 Å². The number of halogens is 1. The maximum atomic E-state index is 12.5. The van der Waals surface area contributed by atoms with E-state index in [9.17, 15) is 4.79 Å². The highest BCUT2D eigenvalue weighted by molar-refractivity contribution is 5.96. The number of amides is 1. The number of H-pyrrole nitrogens is 1. The highest BCUT2D eigenvalue weighted by atomic mass is 35.5. The second-order valence-corrected chi connectivity index (χ2v) is 5.25. The molecule has 0 spiro atoms. The van der Waals surface area contributed by atoms with Gasteiger partial charge in [0.05, 0.1) is 18.3 Å². The van der Waals surface area contributed by atoms with E-state index in [0.29, 0.717) is 17.2 Å². The van der Waals surface area contributed by atoms with E-state index in [0.717, 1.165) is 5.56 Å². The third-order valence-electron chi connectivity index (χ3n) is 3.58. The van der Waals surface area contributed by atoms with Crippen LogP contribution < -0.4 is 15.8 Å². The fourth-order valence-electron chi connectivity index (χ4n) is 2.35. The molecule has 6 nitrogen and oxygen atoms in total. The third kappa shape index (κ3) is 4.82. The monoisotopic (exact) mass is 358 g/mol. The van der Waals surface area contributed by atoms with Crippen molar-refractivity contribution in [1.82, 2.24) is 10.2 Å². The molecule has 1 heterocycles. The van der Waals surface area contributed by atoms with Gasteiger partial charge in [0.2, 0.25) is 5.91 Å². The average Bonchev–Trinajstić information content (AvgIpc) is 3.11. The Bertz CT molecular complexity index is 777. The third-order valence-corrected chi connectivity index (χ3v) is 3.58. The van der Waals surface area contributed by atoms with Gasteiger partial charge in [-0.3, -0.25) is 9.89 Å². The molecular weight excluding hydrogens is 340 g/mol. The summed E-state index contributed by atoms with van der Waals surface area (Å²) in [6.45, 7) is 0.248. The second-order valence-electron chi connectivity index (χ2n) is 5.25. The van der Waals surface area contributed by atoms with E-state index in [1.165, 1.54) is 0 Å². The molecule has 0 aliphatic heterocycles. The number of nitrogens with one attached hydrogen (secondary N) is 2. The molecule has 25 heavy (non-hydrogen) atoms. The van der Waals surface area contributed by atoms with Crippen molar-refractivity contribution in [2.45, 2.75) is 5.92 Å². The van der Waals surface area contributed by atoms with Gasteiger partial charge in [0.15, 0.2) is 5.75 Å². The summed E-state index contributed by atoms with van der Waals surface area (Å²) in [6, 6.07) is 16.6. The first-order valence-corrected chi connectivity index (χ1v) is 7.59. The molecule has 1 aromatic heterocycles. The number of hydrogen-bond donors (Lipinski definition) is 3. The zero-order valence-corrected chi connectivity index (χ0v) is 14.2. The maximum Gasteiger partial charge on any atom is 0.233 e. The molecule has 0 radical (unpaired) electrons. The number of aromatic amines is 1. The Morgan fingerprint density at radius 2 is 1.84 bits per heavy atom. The van der Waals surface area contributed by atoms with E-state index in [1.807, 2.05) is 30.3 Å². The lowest BCUT2D eigenvalue weighted by Crippen LogP contribution is -2.27. The number of carbonyl (C=O) groups is 1. The van der Waals surface area contributed by atoms with Crippen LogP contribution in [0.3, 0.4) is 0 Å². The first-order valence-electron chi connectivity index (χ1n) is 7.59. The second kappa shape index (κ2) is 8.86. The number of ether oxygens (including phenoxy) is 1. The molecule has 0 saturated heterocycles. The van der Waals surface area contributed by atoms with Gasteiger partial charge in [-0.25, -0.2) is 0 Å². The van der Waals surface area contributed by atoms with E-state index in [1.54, 1.807) is 36.7 Å². The molecule has 7 heteroatoms. The Kier molecular flexibility index (Phi) is 6.56. The number of hydrogen-bond acceptors (Lipinski definition) is 4. The summed E-state index contributed by atoms with van der Waals surface area (Å²) >= 11 is 0. The van der Waals surface area contributed by atoms with Crippen LogP contribution in [0.1, 0.15) is 11.5 Å². The molecule has 2 aromatic carbocycles. The van der Waals surface area contributed by atoms with Crippen molar-refractivity contribution >= 4 is 24.0 Å². The van der Waals surface area contributed by atoms with E-state index < -0.39 is 0 Å². The molecule has 3 aromatic rings. The first-order chi connectivity index (χ1) is 11.8. The normalized spacial score (nSPS) is 11.2. The Morgan fingerprint density at radius 3 is 2.44 bits per heavy atom. The smallest absolute Gasteiger partial charge is 0.233 e. The molecule has 0 bridgehead atoms. The maximum absolute atomic E-state index is 12.5. The minimum Gasteiger partial charge on any atom is -0.454 e. The number of nitrogens with zero attached hydrogens (tertiary/aromatic N) is 1. The topological polar surface area (TPSA) is 93.0 Å². The van der Waals surface area contributed by atoms with Crippen LogP contribution in [0.15, 0.2) is 67.0 Å². The molecule has 130 valence electrons. The van der Waals surface area contributed by atoms with Crippen molar-refractivity contribution in [3.05, 3.63) is 72.6 Å². The number of aromatic nitrogens is 2. The van der Waals surface area contributed by atoms with Crippen molar-refractivity contribution < 1.29 is 9.53 Å². The summed E-state index contributed by atoms with van der Waals surface area (Å²) in [6.07, 6.45) is 3.24. The first kappa shape index (κ1) is 18.5. The zero-order chi connectivity index (χ0) is 16.8. The van der Waals surface area contributed by atoms with Crippen molar-refractivity contribution in [2.24, 2.45) is 5.73 Å². The quantitative estimate of drug-likeness (QED) is 0.630. The van der Waals surface area contributed by atoms with Gasteiger partial charge in [0.25, 0.3) is 0 Å². The summed E-state index contributed by atoms with van der Waals surface area (Å²) in [5.74, 6) is 0.771. The van der Waals surface area contributed by atoms with Gasteiger partial charge in [-0.2, -0.15) is 5.10 Å². The van der Waals surface area contributed by atoms with Gasteiger partial charge >= 0.3 is 0 Å². The van der Waals surface area contributed by atoms with E-state index in [2.05, 4.69) is 15.5 Å². The van der Waals surface area contributed by atoms with Gasteiger partial charge in [-0.15, -0.1) is 12.4 Å². The van der Waals surface area contributed by atoms with Crippen LogP contribution in [0, 0.1) is 0 Å². The van der Waals surface area contributed by atoms with E-state index >= 15 is 0 Å². The summed E-state index contributed by atoms with van der Waals surface area (Å²) in [4.78, 5) is 12.5. The van der Waals surface area contributed by atoms with Gasteiger partial charge in [-0.1, -0.05) is 30.3 Å². The molecule has 1 amide bonds. The standard InChI is InChI=1S/C18H18N4O2.ClH/c19-10-17(13-4-2-1-3-5-13)18(23)22-14-6-8-15(9-7-14)24-16-11-20-21-12-16;/h1-9,11-12,17H,10,19H2,(H,20,21)(H,22,23);1H. The number of carbonyl (C=O) groups excluding carboxylic acids is 1. The molecule has 0 saturated carbocycles. The lowest BCUT2D eigenvalue weighted by molar-refractivity contribution is -0.117. The molecule has 0 aliphatic carbocycles. The fourth-order valence-corrected chi connectivity index (χ4v) is 2.35. The Morgan fingerprint density at radius 1 is 1.12 bits per heavy atom. The Balaban J connectivity index is 0.00000225. The zero-order valence-electron chi connectivity index (χ0n) is 13.4. The molecule has 0 fully saturated rings. The van der Waals surface area contributed by atoms with Crippen molar-refractivity contribution in [2.75, 3.05) is 11.9 Å². The lowest BCUT2D eigenvalue weighted by atomic mass is 9.98. The minimum absolute atomic E-state index is 0. The van der Waals surface area contributed by atoms with Crippen LogP contribution in [-0.2, 0) is 4.79 Å². The predicted octanol–water partition coefficient (Wildman–Crippen LogP) is 3.30. The van der Waals surface area contributed by atoms with Gasteiger partial charge in [0, 0.05) is 12.2 Å². The molecule has 1 unspecified atom stereocenters. The molecular formula is C18H19ClN4O2.